The maximum atomic E-state index is 15.5. The van der Waals surface area contributed by atoms with Crippen molar-refractivity contribution in [3.8, 4) is 22.5 Å². The van der Waals surface area contributed by atoms with Crippen LogP contribution in [0, 0.1) is 30.1 Å². The van der Waals surface area contributed by atoms with Gasteiger partial charge in [-0.2, -0.15) is 0 Å². The van der Waals surface area contributed by atoms with E-state index in [9.17, 15) is 0 Å². The van der Waals surface area contributed by atoms with E-state index in [2.05, 4.69) is 80.5 Å². The van der Waals surface area contributed by atoms with Crippen molar-refractivity contribution < 1.29 is 14.4 Å². The first-order valence-electron chi connectivity index (χ1n) is 24.0. The molecule has 9 nitrogen and oxygen atoms in total. The number of hydrogen-bond acceptors (Lipinski definition) is 6. The molecule has 8 aromatic rings. The molecule has 9 heteroatoms. The molecule has 8 rings (SSSR count). The third-order valence-electron chi connectivity index (χ3n) is 12.0. The number of aromatic nitrogens is 3. The summed E-state index contributed by atoms with van der Waals surface area (Å²) in [7, 11) is 0. The van der Waals surface area contributed by atoms with Crippen molar-refractivity contribution in [2.45, 2.75) is 76.2 Å². The van der Waals surface area contributed by atoms with Gasteiger partial charge in [-0.05, 0) is 83.0 Å². The van der Waals surface area contributed by atoms with Gasteiger partial charge in [0.05, 0.1) is 52.6 Å². The van der Waals surface area contributed by atoms with Gasteiger partial charge in [0.2, 0.25) is 0 Å². The number of amides is 3. The van der Waals surface area contributed by atoms with E-state index in [0.29, 0.717) is 36.7 Å². The fraction of sp³-hybridized carbons (Fsp3) is 0.279. The summed E-state index contributed by atoms with van der Waals surface area (Å²) >= 11 is 0. The van der Waals surface area contributed by atoms with Crippen LogP contribution >= 0.6 is 0 Å². The molecular formula is C61H64N6O3. The Balaban J connectivity index is 1.29. The van der Waals surface area contributed by atoms with E-state index in [4.69, 9.17) is 15.0 Å². The normalized spacial score (nSPS) is 12.0. The molecule has 0 fully saturated rings. The Bertz CT molecular complexity index is 3100. The van der Waals surface area contributed by atoms with Gasteiger partial charge in [0.25, 0.3) is 17.7 Å². The minimum atomic E-state index is -0.361. The summed E-state index contributed by atoms with van der Waals surface area (Å²) in [6.07, 6.45) is 5.22. The quantitative estimate of drug-likeness (QED) is 0.120. The molecule has 3 aromatic heterocycles. The number of anilines is 3. The van der Waals surface area contributed by atoms with E-state index >= 15 is 14.4 Å². The number of nitrogens with zero attached hydrogens (tertiary/aromatic N) is 6. The molecule has 356 valence electrons. The second-order valence-electron chi connectivity index (χ2n) is 22.2. The van der Waals surface area contributed by atoms with Crippen LogP contribution in [0.15, 0.2) is 152 Å². The molecule has 3 amide bonds. The number of aryl methyl sites for hydroxylation is 2. The average molecular weight is 929 g/mol. The molecule has 0 unspecified atom stereocenters. The predicted molar refractivity (Wildman–Crippen MR) is 288 cm³/mol. The summed E-state index contributed by atoms with van der Waals surface area (Å²) in [6.45, 7) is 23.7. The lowest BCUT2D eigenvalue weighted by molar-refractivity contribution is 0.0977. The maximum Gasteiger partial charge on any atom is 0.258 e. The monoisotopic (exact) mass is 929 g/mol. The molecular weight excluding hydrogens is 865 g/mol. The van der Waals surface area contributed by atoms with Crippen molar-refractivity contribution in [3.05, 3.63) is 180 Å². The Morgan fingerprint density at radius 2 is 0.771 bits per heavy atom. The van der Waals surface area contributed by atoms with Crippen molar-refractivity contribution in [2.24, 2.45) is 16.2 Å². The Morgan fingerprint density at radius 1 is 0.414 bits per heavy atom. The molecule has 0 saturated heterocycles. The molecule has 0 atom stereocenters. The number of hydrogen-bond donors (Lipinski definition) is 0. The number of carbonyl (C=O) groups excluding carboxylic acids is 3. The summed E-state index contributed by atoms with van der Waals surface area (Å²) in [4.78, 5) is 66.4. The van der Waals surface area contributed by atoms with E-state index in [1.807, 2.05) is 111 Å². The molecule has 5 aromatic carbocycles. The van der Waals surface area contributed by atoms with E-state index in [1.165, 1.54) is 0 Å². The van der Waals surface area contributed by atoms with E-state index < -0.39 is 0 Å². The minimum absolute atomic E-state index is 0.200. The minimum Gasteiger partial charge on any atom is -0.306 e. The number of fused-ring (bicyclic) bond motifs is 3. The highest BCUT2D eigenvalue weighted by Gasteiger charge is 2.32. The van der Waals surface area contributed by atoms with Crippen LogP contribution in [0.3, 0.4) is 0 Å². The molecule has 0 spiro atoms. The van der Waals surface area contributed by atoms with Gasteiger partial charge in [-0.1, -0.05) is 159 Å². The van der Waals surface area contributed by atoms with Crippen LogP contribution in [0.2, 0.25) is 0 Å². The summed E-state index contributed by atoms with van der Waals surface area (Å²) in [5.74, 6) is -1.08. The van der Waals surface area contributed by atoms with Gasteiger partial charge in [0.1, 0.15) is 0 Å². The number of carbonyl (C=O) groups is 3. The average Bonchev–Trinajstić information content (AvgIpc) is 3.32. The van der Waals surface area contributed by atoms with Gasteiger partial charge in [-0.3, -0.25) is 29.3 Å². The smallest absolute Gasteiger partial charge is 0.258 e. The van der Waals surface area contributed by atoms with Crippen molar-refractivity contribution in [3.63, 3.8) is 0 Å². The van der Waals surface area contributed by atoms with Gasteiger partial charge in [-0.15, -0.1) is 0 Å². The van der Waals surface area contributed by atoms with Crippen molar-refractivity contribution in [1.29, 1.82) is 0 Å². The number of pyridine rings is 3. The fourth-order valence-electron chi connectivity index (χ4n) is 8.95. The summed E-state index contributed by atoms with van der Waals surface area (Å²) < 4.78 is 0. The Morgan fingerprint density at radius 3 is 1.17 bits per heavy atom. The summed E-state index contributed by atoms with van der Waals surface area (Å²) in [5.41, 5.74) is 7.65. The van der Waals surface area contributed by atoms with Gasteiger partial charge < -0.3 is 14.7 Å². The van der Waals surface area contributed by atoms with Crippen LogP contribution in [-0.4, -0.2) is 52.3 Å². The van der Waals surface area contributed by atoms with E-state index in [-0.39, 0.29) is 50.7 Å². The molecule has 0 bridgehead atoms. The van der Waals surface area contributed by atoms with E-state index in [1.54, 1.807) is 51.5 Å². The van der Waals surface area contributed by atoms with Crippen molar-refractivity contribution in [1.82, 2.24) is 15.0 Å². The molecule has 3 heterocycles. The van der Waals surface area contributed by atoms with Crippen molar-refractivity contribution in [2.75, 3.05) is 34.3 Å². The topological polar surface area (TPSA) is 99.6 Å². The number of rotatable bonds is 11. The predicted octanol–water partition coefficient (Wildman–Crippen LogP) is 14.2. The first-order valence-corrected chi connectivity index (χ1v) is 24.0. The molecule has 0 radical (unpaired) electrons. The molecule has 0 aliphatic rings. The fourth-order valence-corrected chi connectivity index (χ4v) is 8.95. The van der Waals surface area contributed by atoms with Gasteiger partial charge in [-0.25, -0.2) is 0 Å². The standard InChI is InChI=1S/C61H64N6O3/c1-40-28-49(34-62-53(40)43-21-14-12-15-22-43)65(37-59(3,4)5)56(68)46-30-47(57(69)66(38-60(6,7)8)50-29-41(2)54(63-35-50)44-23-16-13-17-24-44)32-48(31-46)58(70)67(39-61(9,10)11)51-33-45-27-26-42-20-18-19-25-52(42)55(45)64-36-51/h12-36H,37-39H2,1-11H3. The Hall–Kier alpha value is -7.52. The third kappa shape index (κ3) is 11.2. The second-order valence-corrected chi connectivity index (χ2v) is 22.2. The highest BCUT2D eigenvalue weighted by atomic mass is 16.2. The number of benzene rings is 5. The Labute approximate surface area is 413 Å². The second kappa shape index (κ2) is 19.5. The first-order chi connectivity index (χ1) is 33.1. The van der Waals surface area contributed by atoms with Crippen LogP contribution in [0.1, 0.15) is 105 Å². The lowest BCUT2D eigenvalue weighted by Crippen LogP contribution is -2.40. The molecule has 0 N–H and O–H groups in total. The highest BCUT2D eigenvalue weighted by molar-refractivity contribution is 6.15. The van der Waals surface area contributed by atoms with Crippen LogP contribution in [0.4, 0.5) is 17.1 Å². The lowest BCUT2D eigenvalue weighted by Gasteiger charge is -2.32. The summed E-state index contributed by atoms with van der Waals surface area (Å²) in [5, 5.41) is 2.99. The van der Waals surface area contributed by atoms with Crippen LogP contribution in [-0.2, 0) is 0 Å². The van der Waals surface area contributed by atoms with Gasteiger partial charge >= 0.3 is 0 Å². The molecule has 70 heavy (non-hydrogen) atoms. The zero-order chi connectivity index (χ0) is 50.1. The Kier molecular flexibility index (Phi) is 13.6. The zero-order valence-corrected chi connectivity index (χ0v) is 42.5. The van der Waals surface area contributed by atoms with Crippen LogP contribution in [0.5, 0.6) is 0 Å². The third-order valence-corrected chi connectivity index (χ3v) is 12.0. The molecule has 0 aliphatic heterocycles. The van der Waals surface area contributed by atoms with Crippen LogP contribution in [0.25, 0.3) is 44.2 Å². The highest BCUT2D eigenvalue weighted by Crippen LogP contribution is 2.34. The largest absolute Gasteiger partial charge is 0.306 e. The summed E-state index contributed by atoms with van der Waals surface area (Å²) in [6, 6.07) is 43.1. The van der Waals surface area contributed by atoms with Gasteiger partial charge in [0.15, 0.2) is 0 Å². The zero-order valence-electron chi connectivity index (χ0n) is 42.5. The van der Waals surface area contributed by atoms with Gasteiger partial charge in [0, 0.05) is 58.2 Å². The first kappa shape index (κ1) is 48.9. The lowest BCUT2D eigenvalue weighted by atomic mass is 9.93. The van der Waals surface area contributed by atoms with E-state index in [0.717, 1.165) is 55.3 Å². The molecule has 0 saturated carbocycles. The SMILES string of the molecule is Cc1cc(N(CC(C)(C)C)C(=O)c2cc(C(=O)N(CC(C)(C)C)c3cnc(-c4ccccc4)c(C)c3)cc(C(=O)N(CC(C)(C)C)c3cnc4c(ccc5ccccc54)c3)c2)cnc1-c1ccccc1. The van der Waals surface area contributed by atoms with Crippen LogP contribution < -0.4 is 14.7 Å². The molecule has 0 aliphatic carbocycles. The van der Waals surface area contributed by atoms with Crippen molar-refractivity contribution >= 4 is 56.5 Å². The maximum absolute atomic E-state index is 15.5.